The van der Waals surface area contributed by atoms with Crippen LogP contribution in [0.15, 0.2) is 12.1 Å². The van der Waals surface area contributed by atoms with Crippen LogP contribution >= 0.6 is 0 Å². The average Bonchev–Trinajstić information content (AvgIpc) is 2.62. The Morgan fingerprint density at radius 1 is 0.880 bits per heavy atom. The van der Waals surface area contributed by atoms with E-state index < -0.39 is 11.9 Å². The summed E-state index contributed by atoms with van der Waals surface area (Å²) in [7, 11) is 2.97. The first kappa shape index (κ1) is 20.7. The highest BCUT2D eigenvalue weighted by Gasteiger charge is 2.16. The number of aliphatic hydroxyl groups is 2. The lowest BCUT2D eigenvalue weighted by Crippen LogP contribution is -2.12. The van der Waals surface area contributed by atoms with Gasteiger partial charge in [0.25, 0.3) is 0 Å². The Labute approximate surface area is 146 Å². The number of aliphatic hydroxyl groups excluding tert-OH is 2. The molecule has 25 heavy (non-hydrogen) atoms. The van der Waals surface area contributed by atoms with Crippen LogP contribution in [-0.2, 0) is 31.9 Å². The van der Waals surface area contributed by atoms with Crippen molar-refractivity contribution < 1.29 is 38.7 Å². The van der Waals surface area contributed by atoms with Crippen molar-refractivity contribution >= 4 is 11.9 Å². The molecule has 0 aliphatic carbocycles. The minimum atomic E-state index is -0.491. The van der Waals surface area contributed by atoms with E-state index in [1.807, 2.05) is 0 Å². The standard InChI is InChI=1S/C17H24O8/c1-22-14-10-13(11-17(21)25-8-6-19)15(23-2)9-12(14)3-4-16(20)24-7-5-18/h9-10,18-19H,3-8,11H2,1-2H3. The Morgan fingerprint density at radius 3 is 1.96 bits per heavy atom. The number of carbonyl (C=O) groups is 2. The van der Waals surface area contributed by atoms with E-state index in [0.29, 0.717) is 23.5 Å². The highest BCUT2D eigenvalue weighted by atomic mass is 16.5. The molecule has 0 bridgehead atoms. The van der Waals surface area contributed by atoms with Crippen LogP contribution in [0.4, 0.5) is 0 Å². The minimum Gasteiger partial charge on any atom is -0.496 e. The van der Waals surface area contributed by atoms with Crippen LogP contribution in [0.2, 0.25) is 0 Å². The number of rotatable bonds is 11. The lowest BCUT2D eigenvalue weighted by Gasteiger charge is -2.14. The fourth-order valence-electron chi connectivity index (χ4n) is 2.19. The third-order valence-electron chi connectivity index (χ3n) is 3.33. The van der Waals surface area contributed by atoms with Crippen molar-refractivity contribution in [1.82, 2.24) is 0 Å². The predicted molar refractivity (Wildman–Crippen MR) is 87.7 cm³/mol. The first-order chi connectivity index (χ1) is 12.0. The van der Waals surface area contributed by atoms with Gasteiger partial charge in [-0.15, -0.1) is 0 Å². The quantitative estimate of drug-likeness (QED) is 0.543. The van der Waals surface area contributed by atoms with E-state index in [4.69, 9.17) is 29.2 Å². The molecule has 0 atom stereocenters. The van der Waals surface area contributed by atoms with Gasteiger partial charge in [-0.25, -0.2) is 0 Å². The first-order valence-corrected chi connectivity index (χ1v) is 7.82. The van der Waals surface area contributed by atoms with Gasteiger partial charge in [-0.3, -0.25) is 9.59 Å². The summed E-state index contributed by atoms with van der Waals surface area (Å²) in [6, 6.07) is 3.36. The highest BCUT2D eigenvalue weighted by molar-refractivity contribution is 5.74. The number of hydrogen-bond acceptors (Lipinski definition) is 8. The van der Waals surface area contributed by atoms with E-state index >= 15 is 0 Å². The molecule has 2 N–H and O–H groups in total. The second kappa shape index (κ2) is 11.3. The molecular formula is C17H24O8. The van der Waals surface area contributed by atoms with Crippen LogP contribution in [0, 0.1) is 0 Å². The number of aryl methyl sites for hydroxylation is 1. The molecule has 0 aliphatic heterocycles. The SMILES string of the molecule is COc1cc(CC(=O)OCCO)c(OC)cc1CCC(=O)OCCO. The predicted octanol–water partition coefficient (Wildman–Crippen LogP) is 0.250. The summed E-state index contributed by atoms with van der Waals surface area (Å²) in [4.78, 5) is 23.3. The summed E-state index contributed by atoms with van der Waals surface area (Å²) in [5.41, 5.74) is 1.31. The number of ether oxygens (including phenoxy) is 4. The Bertz CT molecular complexity index is 570. The number of esters is 2. The average molecular weight is 356 g/mol. The van der Waals surface area contributed by atoms with Crippen molar-refractivity contribution in [2.75, 3.05) is 40.6 Å². The number of hydrogen-bond donors (Lipinski definition) is 2. The summed E-state index contributed by atoms with van der Waals surface area (Å²) >= 11 is 0. The molecule has 8 heteroatoms. The zero-order chi connectivity index (χ0) is 18.7. The first-order valence-electron chi connectivity index (χ1n) is 7.82. The van der Waals surface area contributed by atoms with E-state index in [0.717, 1.165) is 5.56 Å². The molecule has 0 unspecified atom stereocenters. The number of carbonyl (C=O) groups excluding carboxylic acids is 2. The smallest absolute Gasteiger partial charge is 0.310 e. The van der Waals surface area contributed by atoms with Gasteiger partial charge in [-0.05, 0) is 24.1 Å². The van der Waals surface area contributed by atoms with Crippen LogP contribution in [0.1, 0.15) is 17.5 Å². The third-order valence-corrected chi connectivity index (χ3v) is 3.33. The van der Waals surface area contributed by atoms with Gasteiger partial charge in [0.2, 0.25) is 0 Å². The molecule has 0 radical (unpaired) electrons. The molecule has 0 saturated heterocycles. The zero-order valence-corrected chi connectivity index (χ0v) is 14.4. The molecule has 1 rings (SSSR count). The van der Waals surface area contributed by atoms with Crippen LogP contribution in [0.25, 0.3) is 0 Å². The van der Waals surface area contributed by atoms with E-state index in [1.165, 1.54) is 14.2 Å². The van der Waals surface area contributed by atoms with Crippen molar-refractivity contribution in [2.24, 2.45) is 0 Å². The minimum absolute atomic E-state index is 0.0294. The Kier molecular flexibility index (Phi) is 9.34. The molecule has 0 fully saturated rings. The van der Waals surface area contributed by atoms with Crippen LogP contribution in [0.5, 0.6) is 11.5 Å². The second-order valence-corrected chi connectivity index (χ2v) is 5.04. The highest BCUT2D eigenvalue weighted by Crippen LogP contribution is 2.30. The summed E-state index contributed by atoms with van der Waals surface area (Å²) in [6.45, 7) is -0.554. The van der Waals surface area contributed by atoms with Gasteiger partial charge >= 0.3 is 11.9 Å². The molecule has 0 aliphatic rings. The lowest BCUT2D eigenvalue weighted by atomic mass is 10.0. The Balaban J connectivity index is 2.86. The molecule has 1 aromatic rings. The van der Waals surface area contributed by atoms with Gasteiger partial charge in [0.15, 0.2) is 0 Å². The summed E-state index contributed by atoms with van der Waals surface area (Å²) in [5, 5.41) is 17.3. The molecule has 1 aromatic carbocycles. The molecule has 0 saturated carbocycles. The molecule has 0 heterocycles. The molecule has 0 amide bonds. The number of benzene rings is 1. The van der Waals surface area contributed by atoms with E-state index in [1.54, 1.807) is 12.1 Å². The van der Waals surface area contributed by atoms with Gasteiger partial charge < -0.3 is 29.2 Å². The van der Waals surface area contributed by atoms with Gasteiger partial charge in [-0.1, -0.05) is 0 Å². The topological polar surface area (TPSA) is 112 Å². The maximum absolute atomic E-state index is 11.7. The van der Waals surface area contributed by atoms with Gasteiger partial charge in [0.05, 0.1) is 33.9 Å². The largest absolute Gasteiger partial charge is 0.496 e. The molecule has 140 valence electrons. The Morgan fingerprint density at radius 2 is 1.40 bits per heavy atom. The maximum atomic E-state index is 11.7. The van der Waals surface area contributed by atoms with Crippen molar-refractivity contribution in [1.29, 1.82) is 0 Å². The summed E-state index contributed by atoms with van der Waals surface area (Å²) in [6.07, 6.45) is 0.453. The second-order valence-electron chi connectivity index (χ2n) is 5.04. The lowest BCUT2D eigenvalue weighted by molar-refractivity contribution is -0.145. The van der Waals surface area contributed by atoms with E-state index in [9.17, 15) is 9.59 Å². The molecule has 8 nitrogen and oxygen atoms in total. The number of methoxy groups -OCH3 is 2. The Hall–Kier alpha value is -2.32. The van der Waals surface area contributed by atoms with Crippen LogP contribution in [0.3, 0.4) is 0 Å². The molecule has 0 aromatic heterocycles. The van der Waals surface area contributed by atoms with Crippen molar-refractivity contribution in [2.45, 2.75) is 19.3 Å². The van der Waals surface area contributed by atoms with E-state index in [-0.39, 0.29) is 39.3 Å². The normalized spacial score (nSPS) is 10.2. The van der Waals surface area contributed by atoms with Crippen LogP contribution < -0.4 is 9.47 Å². The summed E-state index contributed by atoms with van der Waals surface area (Å²) < 4.78 is 20.3. The van der Waals surface area contributed by atoms with Crippen molar-refractivity contribution in [3.8, 4) is 11.5 Å². The molecular weight excluding hydrogens is 332 g/mol. The van der Waals surface area contributed by atoms with Gasteiger partial charge in [0, 0.05) is 12.0 Å². The van der Waals surface area contributed by atoms with Gasteiger partial charge in [-0.2, -0.15) is 0 Å². The van der Waals surface area contributed by atoms with Crippen molar-refractivity contribution in [3.63, 3.8) is 0 Å². The molecule has 0 spiro atoms. The van der Waals surface area contributed by atoms with Crippen LogP contribution in [-0.4, -0.2) is 62.8 Å². The third kappa shape index (κ3) is 6.98. The van der Waals surface area contributed by atoms with Gasteiger partial charge in [0.1, 0.15) is 24.7 Å². The summed E-state index contributed by atoms with van der Waals surface area (Å²) in [5.74, 6) is 0.0719. The van der Waals surface area contributed by atoms with Crippen molar-refractivity contribution in [3.05, 3.63) is 23.3 Å². The zero-order valence-electron chi connectivity index (χ0n) is 14.4. The maximum Gasteiger partial charge on any atom is 0.310 e. The van der Waals surface area contributed by atoms with E-state index in [2.05, 4.69) is 0 Å². The fourth-order valence-corrected chi connectivity index (χ4v) is 2.19. The monoisotopic (exact) mass is 356 g/mol. The fraction of sp³-hybridized carbons (Fsp3) is 0.529.